The molecule has 0 spiro atoms. The first kappa shape index (κ1) is 27.0. The highest BCUT2D eigenvalue weighted by molar-refractivity contribution is 6.34. The molecule has 186 valence electrons. The van der Waals surface area contributed by atoms with Crippen molar-refractivity contribution >= 4 is 29.8 Å². The molecule has 0 saturated carbocycles. The summed E-state index contributed by atoms with van der Waals surface area (Å²) in [7, 11) is 1.52. The summed E-state index contributed by atoms with van der Waals surface area (Å²) in [6.45, 7) is 8.84. The Morgan fingerprint density at radius 2 is 1.74 bits per heavy atom. The van der Waals surface area contributed by atoms with Gasteiger partial charge in [-0.3, -0.25) is 24.6 Å². The van der Waals surface area contributed by atoms with Gasteiger partial charge in [-0.2, -0.15) is 5.10 Å². The van der Waals surface area contributed by atoms with Gasteiger partial charge in [0.05, 0.1) is 18.9 Å². The average molecular weight is 482 g/mol. The number of amides is 4. The molecule has 35 heavy (non-hydrogen) atoms. The van der Waals surface area contributed by atoms with Gasteiger partial charge in [0.25, 0.3) is 11.8 Å². The lowest BCUT2D eigenvalue weighted by atomic mass is 10.0. The number of carbonyl (C=O) groups is 4. The number of hydrazone groups is 1. The number of carbonyl (C=O) groups excluding carboxylic acids is 4. The predicted molar refractivity (Wildman–Crippen MR) is 132 cm³/mol. The van der Waals surface area contributed by atoms with E-state index in [9.17, 15) is 19.2 Å². The van der Waals surface area contributed by atoms with Crippen molar-refractivity contribution in [3.8, 4) is 5.75 Å². The smallest absolute Gasteiger partial charge is 0.329 e. The van der Waals surface area contributed by atoms with Crippen LogP contribution in [-0.2, 0) is 16.0 Å². The first-order valence-corrected chi connectivity index (χ1v) is 10.9. The fourth-order valence-corrected chi connectivity index (χ4v) is 3.54. The van der Waals surface area contributed by atoms with Gasteiger partial charge in [-0.25, -0.2) is 10.4 Å². The van der Waals surface area contributed by atoms with Crippen molar-refractivity contribution in [1.82, 2.24) is 15.9 Å². The van der Waals surface area contributed by atoms with Gasteiger partial charge in [0.1, 0.15) is 5.75 Å². The Hall–Kier alpha value is -4.21. The molecule has 0 saturated heterocycles. The summed E-state index contributed by atoms with van der Waals surface area (Å²) < 4.78 is 5.38. The van der Waals surface area contributed by atoms with Crippen molar-refractivity contribution in [2.24, 2.45) is 10.8 Å². The van der Waals surface area contributed by atoms with E-state index < -0.39 is 29.2 Å². The molecule has 10 nitrogen and oxygen atoms in total. The molecule has 0 unspecified atom stereocenters. The molecular formula is C25H31N5O5. The molecule has 10 heteroatoms. The van der Waals surface area contributed by atoms with Gasteiger partial charge in [0, 0.05) is 16.7 Å². The van der Waals surface area contributed by atoms with Gasteiger partial charge in [0.2, 0.25) is 0 Å². The van der Waals surface area contributed by atoms with Crippen LogP contribution in [0.4, 0.5) is 0 Å². The third-order valence-electron chi connectivity index (χ3n) is 5.18. The van der Waals surface area contributed by atoms with Crippen molar-refractivity contribution in [2.45, 2.75) is 46.6 Å². The van der Waals surface area contributed by atoms with Crippen LogP contribution >= 0.6 is 0 Å². The highest BCUT2D eigenvalue weighted by atomic mass is 16.5. The molecular weight excluding hydrogens is 450 g/mol. The van der Waals surface area contributed by atoms with Crippen LogP contribution < -0.4 is 21.3 Å². The lowest BCUT2D eigenvalue weighted by Gasteiger charge is -2.35. The van der Waals surface area contributed by atoms with Gasteiger partial charge in [-0.1, -0.05) is 30.2 Å². The van der Waals surface area contributed by atoms with Crippen molar-refractivity contribution in [3.63, 3.8) is 0 Å². The van der Waals surface area contributed by atoms with Crippen LogP contribution in [0.15, 0.2) is 41.5 Å². The number of hydrogen-bond donors (Lipinski definition) is 3. The summed E-state index contributed by atoms with van der Waals surface area (Å²) >= 11 is 0. The minimum absolute atomic E-state index is 0.347. The van der Waals surface area contributed by atoms with E-state index in [-0.39, 0.29) is 0 Å². The first-order valence-electron chi connectivity index (χ1n) is 10.9. The Bertz CT molecular complexity index is 1150. The Morgan fingerprint density at radius 3 is 2.29 bits per heavy atom. The molecule has 2 aromatic rings. The average Bonchev–Trinajstić information content (AvgIpc) is 2.80. The van der Waals surface area contributed by atoms with E-state index in [0.717, 1.165) is 16.1 Å². The molecule has 2 rings (SSSR count). The molecule has 0 aliphatic carbocycles. The summed E-state index contributed by atoms with van der Waals surface area (Å²) in [5, 5.41) is 4.87. The van der Waals surface area contributed by atoms with Crippen LogP contribution in [0.5, 0.6) is 5.75 Å². The van der Waals surface area contributed by atoms with E-state index in [0.29, 0.717) is 28.9 Å². The van der Waals surface area contributed by atoms with Crippen LogP contribution in [0.3, 0.4) is 0 Å². The zero-order chi connectivity index (χ0) is 26.3. The van der Waals surface area contributed by atoms with Crippen LogP contribution in [0.2, 0.25) is 0 Å². The molecule has 0 heterocycles. The number of primary amides is 1. The summed E-state index contributed by atoms with van der Waals surface area (Å²) in [5.41, 5.74) is 11.5. The molecule has 0 bridgehead atoms. The van der Waals surface area contributed by atoms with Crippen LogP contribution in [-0.4, -0.2) is 47.5 Å². The summed E-state index contributed by atoms with van der Waals surface area (Å²) in [4.78, 5) is 49.4. The monoisotopic (exact) mass is 481 g/mol. The SMILES string of the molecule is CCc1c(OC)cccc1C(=O)NN(C(=O)c1cc(C)cc(C)c1)C(C)(C)C=NNC(=O)C(N)=O. The maximum atomic E-state index is 13.6. The molecule has 0 atom stereocenters. The Kier molecular flexibility index (Phi) is 8.71. The number of ether oxygens (including phenoxy) is 1. The van der Waals surface area contributed by atoms with Crippen molar-refractivity contribution in [3.05, 3.63) is 64.2 Å². The fourth-order valence-electron chi connectivity index (χ4n) is 3.54. The standard InChI is InChI=1S/C25H31N5O5/c1-7-18-19(9-8-10-20(18)35-6)22(32)29-30(24(34)17-12-15(2)11-16(3)13-17)25(4,5)14-27-28-23(33)21(26)31/h8-14H,7H2,1-6H3,(H2,26,31)(H,28,33)(H,29,32). The molecule has 2 aromatic carbocycles. The van der Waals surface area contributed by atoms with Gasteiger partial charge in [0.15, 0.2) is 0 Å². The molecule has 4 N–H and O–H groups in total. The minimum atomic E-state index is -1.24. The molecule has 0 aliphatic rings. The van der Waals surface area contributed by atoms with E-state index >= 15 is 0 Å². The Morgan fingerprint density at radius 1 is 1.11 bits per heavy atom. The van der Waals surface area contributed by atoms with E-state index in [2.05, 4.69) is 10.5 Å². The lowest BCUT2D eigenvalue weighted by molar-refractivity contribution is -0.137. The number of nitrogens with two attached hydrogens (primary N) is 1. The summed E-state index contributed by atoms with van der Waals surface area (Å²) in [6, 6.07) is 10.4. The van der Waals surface area contributed by atoms with Crippen molar-refractivity contribution in [1.29, 1.82) is 0 Å². The second-order valence-electron chi connectivity index (χ2n) is 8.51. The number of benzene rings is 2. The third kappa shape index (κ3) is 6.66. The number of methoxy groups -OCH3 is 1. The number of hydrazine groups is 1. The van der Waals surface area contributed by atoms with Crippen molar-refractivity contribution < 1.29 is 23.9 Å². The second-order valence-corrected chi connectivity index (χ2v) is 8.51. The zero-order valence-electron chi connectivity index (χ0n) is 20.8. The van der Waals surface area contributed by atoms with Gasteiger partial charge in [-0.05, 0) is 58.4 Å². The molecule has 4 amide bonds. The molecule has 0 fully saturated rings. The van der Waals surface area contributed by atoms with Gasteiger partial charge in [-0.15, -0.1) is 0 Å². The van der Waals surface area contributed by atoms with Crippen LogP contribution in [0, 0.1) is 13.8 Å². The number of hydrogen-bond acceptors (Lipinski definition) is 6. The lowest BCUT2D eigenvalue weighted by Crippen LogP contribution is -2.58. The van der Waals surface area contributed by atoms with E-state index in [1.165, 1.54) is 13.3 Å². The first-order chi connectivity index (χ1) is 16.4. The van der Waals surface area contributed by atoms with Crippen molar-refractivity contribution in [2.75, 3.05) is 7.11 Å². The molecule has 0 radical (unpaired) electrons. The quantitative estimate of drug-likeness (QED) is 0.315. The number of nitrogens with zero attached hydrogens (tertiary/aromatic N) is 2. The van der Waals surface area contributed by atoms with Crippen LogP contribution in [0.25, 0.3) is 0 Å². The third-order valence-corrected chi connectivity index (χ3v) is 5.18. The van der Waals surface area contributed by atoms with E-state index in [1.54, 1.807) is 44.2 Å². The van der Waals surface area contributed by atoms with E-state index in [4.69, 9.17) is 10.5 Å². The normalized spacial score (nSPS) is 11.1. The largest absolute Gasteiger partial charge is 0.496 e. The highest BCUT2D eigenvalue weighted by Crippen LogP contribution is 2.24. The zero-order valence-corrected chi connectivity index (χ0v) is 20.8. The van der Waals surface area contributed by atoms with E-state index in [1.807, 2.05) is 32.3 Å². The molecule has 0 aliphatic heterocycles. The summed E-state index contributed by atoms with van der Waals surface area (Å²) in [5.74, 6) is -2.79. The molecule has 0 aromatic heterocycles. The second kappa shape index (κ2) is 11.3. The predicted octanol–water partition coefficient (Wildman–Crippen LogP) is 2.03. The Balaban J connectivity index is 2.50. The number of nitrogens with one attached hydrogen (secondary N) is 2. The maximum absolute atomic E-state index is 13.6. The Labute approximate surface area is 204 Å². The maximum Gasteiger partial charge on any atom is 0.329 e. The number of aryl methyl sites for hydroxylation is 2. The van der Waals surface area contributed by atoms with Crippen LogP contribution in [0.1, 0.15) is 58.2 Å². The topological polar surface area (TPSA) is 143 Å². The summed E-state index contributed by atoms with van der Waals surface area (Å²) in [6.07, 6.45) is 1.75. The number of rotatable bonds is 7. The highest BCUT2D eigenvalue weighted by Gasteiger charge is 2.33. The minimum Gasteiger partial charge on any atom is -0.496 e. The fraction of sp³-hybridized carbons (Fsp3) is 0.320. The van der Waals surface area contributed by atoms with Gasteiger partial charge >= 0.3 is 11.8 Å². The van der Waals surface area contributed by atoms with Gasteiger partial charge < -0.3 is 10.5 Å².